The van der Waals surface area contributed by atoms with Crippen LogP contribution in [-0.4, -0.2) is 30.3 Å². The Bertz CT molecular complexity index is 780. The molecule has 0 saturated carbocycles. The second-order valence-corrected chi connectivity index (χ2v) is 6.21. The van der Waals surface area contributed by atoms with E-state index in [0.717, 1.165) is 23.1 Å². The topological polar surface area (TPSA) is 69.7 Å². The van der Waals surface area contributed by atoms with Crippen LogP contribution in [0.1, 0.15) is 12.0 Å². The molecule has 0 unspecified atom stereocenters. The van der Waals surface area contributed by atoms with Crippen molar-refractivity contribution in [2.24, 2.45) is 10.7 Å². The summed E-state index contributed by atoms with van der Waals surface area (Å²) in [5.74, 6) is 0. The summed E-state index contributed by atoms with van der Waals surface area (Å²) in [5, 5.41) is 0.612. The Kier molecular flexibility index (Phi) is 3.47. The van der Waals surface area contributed by atoms with Gasteiger partial charge in [0.05, 0.1) is 11.6 Å². The first-order chi connectivity index (χ1) is 11.2. The minimum Gasteiger partial charge on any atom is -0.457 e. The lowest BCUT2D eigenvalue weighted by molar-refractivity contribution is -0.0339. The molecule has 1 fully saturated rings. The van der Waals surface area contributed by atoms with Gasteiger partial charge in [0.2, 0.25) is 0 Å². The van der Waals surface area contributed by atoms with E-state index in [0.29, 0.717) is 18.2 Å². The molecule has 0 amide bonds. The van der Waals surface area contributed by atoms with Gasteiger partial charge in [-0.05, 0) is 23.3 Å². The number of aliphatic imine (C=N–C) groups is 1. The van der Waals surface area contributed by atoms with Crippen molar-refractivity contribution in [1.82, 2.24) is 4.98 Å². The number of hydrogen-bond donors (Lipinski definition) is 1. The molecule has 2 aromatic rings. The van der Waals surface area contributed by atoms with Crippen molar-refractivity contribution >= 4 is 17.6 Å². The van der Waals surface area contributed by atoms with Crippen LogP contribution in [-0.2, 0) is 15.0 Å². The van der Waals surface area contributed by atoms with Gasteiger partial charge >= 0.3 is 0 Å². The first kappa shape index (κ1) is 14.5. The molecule has 23 heavy (non-hydrogen) atoms. The molecule has 6 heteroatoms. The summed E-state index contributed by atoms with van der Waals surface area (Å²) in [4.78, 5) is 8.77. The summed E-state index contributed by atoms with van der Waals surface area (Å²) in [6, 6.07) is 10.3. The van der Waals surface area contributed by atoms with Crippen molar-refractivity contribution in [3.05, 3.63) is 53.3 Å². The van der Waals surface area contributed by atoms with Crippen LogP contribution in [0, 0.1) is 0 Å². The van der Waals surface area contributed by atoms with E-state index in [2.05, 4.69) is 22.1 Å². The number of ether oxygens (including phenoxy) is 2. The fraction of sp³-hybridized carbons (Fsp3) is 0.294. The average Bonchev–Trinajstić information content (AvgIpc) is 2.92. The van der Waals surface area contributed by atoms with E-state index < -0.39 is 5.54 Å². The first-order valence-corrected chi connectivity index (χ1v) is 7.86. The second-order valence-electron chi connectivity index (χ2n) is 5.78. The molecule has 2 atom stereocenters. The number of nitrogens with zero attached hydrogens (tertiary/aromatic N) is 2. The van der Waals surface area contributed by atoms with Gasteiger partial charge in [-0.2, -0.15) is 0 Å². The predicted octanol–water partition coefficient (Wildman–Crippen LogP) is 2.73. The highest BCUT2D eigenvalue weighted by Crippen LogP contribution is 2.42. The molecule has 5 nitrogen and oxygen atoms in total. The summed E-state index contributed by atoms with van der Waals surface area (Å²) in [6.45, 7) is 1.13. The Hall–Kier alpha value is -2.11. The molecular formula is C17H16ClN3O2. The normalized spacial score (nSPS) is 26.3. The van der Waals surface area contributed by atoms with Gasteiger partial charge in [-0.1, -0.05) is 29.8 Å². The molecule has 3 heterocycles. The smallest absolute Gasteiger partial charge is 0.283 e. The monoisotopic (exact) mass is 329 g/mol. The Morgan fingerprint density at radius 3 is 3.00 bits per heavy atom. The maximum absolute atomic E-state index is 6.05. The molecular weight excluding hydrogens is 314 g/mol. The number of aromatic nitrogens is 1. The number of halogens is 1. The van der Waals surface area contributed by atoms with E-state index in [9.17, 15) is 0 Å². The maximum Gasteiger partial charge on any atom is 0.283 e. The SMILES string of the molecule is NC1=N[C@@]2(c3cccc(-c4cncc(Cl)c4)c3)CCOC[C@H]2O1. The van der Waals surface area contributed by atoms with Crippen LogP contribution < -0.4 is 5.73 Å². The Balaban J connectivity index is 1.79. The van der Waals surface area contributed by atoms with Crippen LogP contribution in [0.25, 0.3) is 11.1 Å². The van der Waals surface area contributed by atoms with E-state index in [-0.39, 0.29) is 12.1 Å². The first-order valence-electron chi connectivity index (χ1n) is 7.48. The van der Waals surface area contributed by atoms with Crippen molar-refractivity contribution in [2.45, 2.75) is 18.1 Å². The van der Waals surface area contributed by atoms with Gasteiger partial charge in [0.25, 0.3) is 6.02 Å². The third kappa shape index (κ3) is 2.46. The number of nitrogens with two attached hydrogens (primary N) is 1. The largest absolute Gasteiger partial charge is 0.457 e. The van der Waals surface area contributed by atoms with Crippen LogP contribution in [0.15, 0.2) is 47.7 Å². The van der Waals surface area contributed by atoms with Crippen LogP contribution in [0.3, 0.4) is 0 Å². The van der Waals surface area contributed by atoms with Crippen molar-refractivity contribution in [3.8, 4) is 11.1 Å². The fourth-order valence-electron chi connectivity index (χ4n) is 3.28. The molecule has 0 bridgehead atoms. The van der Waals surface area contributed by atoms with Crippen molar-refractivity contribution < 1.29 is 9.47 Å². The summed E-state index contributed by atoms with van der Waals surface area (Å²) >= 11 is 6.05. The standard InChI is InChI=1S/C17H16ClN3O2/c18-14-7-12(8-20-9-14)11-2-1-3-13(6-11)17-4-5-22-10-15(17)23-16(19)21-17/h1-3,6-9,15H,4-5,10H2,(H2,19,21)/t15-,17-/m1/s1. The van der Waals surface area contributed by atoms with Crippen LogP contribution in [0.5, 0.6) is 0 Å². The third-order valence-electron chi connectivity index (χ3n) is 4.40. The highest BCUT2D eigenvalue weighted by molar-refractivity contribution is 6.30. The number of pyridine rings is 1. The van der Waals surface area contributed by atoms with E-state index >= 15 is 0 Å². The fourth-order valence-corrected chi connectivity index (χ4v) is 3.45. The van der Waals surface area contributed by atoms with Crippen LogP contribution >= 0.6 is 11.6 Å². The number of benzene rings is 1. The molecule has 2 aliphatic rings. The lowest BCUT2D eigenvalue weighted by Gasteiger charge is -2.35. The molecule has 1 aromatic heterocycles. The number of hydrogen-bond acceptors (Lipinski definition) is 5. The molecule has 118 valence electrons. The summed E-state index contributed by atoms with van der Waals surface area (Å²) in [6.07, 6.45) is 3.99. The Labute approximate surface area is 139 Å². The van der Waals surface area contributed by atoms with Crippen LogP contribution in [0.2, 0.25) is 5.02 Å². The summed E-state index contributed by atoms with van der Waals surface area (Å²) in [5.41, 5.74) is 8.44. The highest BCUT2D eigenvalue weighted by Gasteiger charge is 2.49. The van der Waals surface area contributed by atoms with E-state index in [1.807, 2.05) is 18.2 Å². The quantitative estimate of drug-likeness (QED) is 0.919. The van der Waals surface area contributed by atoms with E-state index in [4.69, 9.17) is 26.8 Å². The molecule has 0 aliphatic carbocycles. The van der Waals surface area contributed by atoms with Crippen molar-refractivity contribution in [1.29, 1.82) is 0 Å². The number of fused-ring (bicyclic) bond motifs is 1. The number of rotatable bonds is 2. The zero-order chi connectivity index (χ0) is 15.9. The Morgan fingerprint density at radius 2 is 2.13 bits per heavy atom. The van der Waals surface area contributed by atoms with Gasteiger partial charge in [0.15, 0.2) is 6.10 Å². The molecule has 4 rings (SSSR count). The highest BCUT2D eigenvalue weighted by atomic mass is 35.5. The predicted molar refractivity (Wildman–Crippen MR) is 88.3 cm³/mol. The minimum absolute atomic E-state index is 0.177. The van der Waals surface area contributed by atoms with Gasteiger partial charge < -0.3 is 15.2 Å². The Morgan fingerprint density at radius 1 is 1.22 bits per heavy atom. The maximum atomic E-state index is 6.05. The molecule has 0 spiro atoms. The summed E-state index contributed by atoms with van der Waals surface area (Å²) < 4.78 is 11.2. The zero-order valence-corrected chi connectivity index (χ0v) is 13.2. The number of amidine groups is 1. The molecule has 0 radical (unpaired) electrons. The van der Waals surface area contributed by atoms with E-state index in [1.54, 1.807) is 12.4 Å². The van der Waals surface area contributed by atoms with Gasteiger partial charge in [-0.15, -0.1) is 0 Å². The van der Waals surface area contributed by atoms with Crippen LogP contribution in [0.4, 0.5) is 0 Å². The second kappa shape index (κ2) is 5.51. The van der Waals surface area contributed by atoms with Gasteiger partial charge in [0.1, 0.15) is 5.54 Å². The lowest BCUT2D eigenvalue weighted by Crippen LogP contribution is -2.44. The van der Waals surface area contributed by atoms with Gasteiger partial charge in [0, 0.05) is 31.0 Å². The zero-order valence-electron chi connectivity index (χ0n) is 12.4. The summed E-state index contributed by atoms with van der Waals surface area (Å²) in [7, 11) is 0. The average molecular weight is 330 g/mol. The van der Waals surface area contributed by atoms with Crippen molar-refractivity contribution in [3.63, 3.8) is 0 Å². The molecule has 2 N–H and O–H groups in total. The minimum atomic E-state index is -0.468. The third-order valence-corrected chi connectivity index (χ3v) is 4.61. The lowest BCUT2D eigenvalue weighted by atomic mass is 9.80. The van der Waals surface area contributed by atoms with Gasteiger partial charge in [-0.3, -0.25) is 4.98 Å². The van der Waals surface area contributed by atoms with Crippen molar-refractivity contribution in [2.75, 3.05) is 13.2 Å². The molecule has 2 aliphatic heterocycles. The van der Waals surface area contributed by atoms with Gasteiger partial charge in [-0.25, -0.2) is 4.99 Å². The van der Waals surface area contributed by atoms with E-state index in [1.165, 1.54) is 0 Å². The molecule has 1 saturated heterocycles. The molecule has 1 aromatic carbocycles.